The molecule has 5 nitrogen and oxygen atoms in total. The molecular formula is C13H19N3O2. The molecule has 1 atom stereocenters. The van der Waals surface area contributed by atoms with Crippen LogP contribution in [-0.4, -0.2) is 36.0 Å². The lowest BCUT2D eigenvalue weighted by Crippen LogP contribution is -2.43. The summed E-state index contributed by atoms with van der Waals surface area (Å²) in [6, 6.07) is 7.42. The van der Waals surface area contributed by atoms with E-state index in [0.717, 1.165) is 25.2 Å². The van der Waals surface area contributed by atoms with E-state index in [1.165, 1.54) is 12.8 Å². The molecule has 0 bridgehead atoms. The monoisotopic (exact) mass is 249 g/mol. The number of rotatable bonds is 4. The molecule has 1 aromatic carbocycles. The van der Waals surface area contributed by atoms with Gasteiger partial charge in [-0.05, 0) is 32.0 Å². The summed E-state index contributed by atoms with van der Waals surface area (Å²) >= 11 is 0. The molecule has 18 heavy (non-hydrogen) atoms. The Bertz CT molecular complexity index is 405. The van der Waals surface area contributed by atoms with Crippen LogP contribution in [0.25, 0.3) is 0 Å². The number of likely N-dealkylation sites (tertiary alicyclic amines) is 1. The second kappa shape index (κ2) is 5.93. The van der Waals surface area contributed by atoms with Crippen LogP contribution in [0, 0.1) is 10.1 Å². The number of hydrogen-bond donors (Lipinski definition) is 1. The zero-order valence-corrected chi connectivity index (χ0v) is 10.6. The first-order valence-corrected chi connectivity index (χ1v) is 6.32. The molecule has 1 heterocycles. The minimum absolute atomic E-state index is 0.158. The van der Waals surface area contributed by atoms with Crippen molar-refractivity contribution in [2.75, 3.05) is 20.1 Å². The number of non-ortho nitro benzene ring substituents is 1. The molecule has 0 spiro atoms. The van der Waals surface area contributed by atoms with E-state index in [0.29, 0.717) is 6.04 Å². The molecule has 5 heteroatoms. The SMILES string of the molecule is CNC1CCCN(Cc2ccc([N+](=O)[O-])cc2)C1. The zero-order valence-electron chi connectivity index (χ0n) is 10.6. The van der Waals surface area contributed by atoms with E-state index in [-0.39, 0.29) is 10.6 Å². The van der Waals surface area contributed by atoms with Crippen molar-refractivity contribution in [1.29, 1.82) is 0 Å². The van der Waals surface area contributed by atoms with E-state index >= 15 is 0 Å². The fourth-order valence-corrected chi connectivity index (χ4v) is 2.42. The Morgan fingerprint density at radius 3 is 2.78 bits per heavy atom. The standard InChI is InChI=1S/C13H19N3O2/c1-14-12-3-2-8-15(10-12)9-11-4-6-13(7-5-11)16(17)18/h4-7,12,14H,2-3,8-10H2,1H3. The van der Waals surface area contributed by atoms with Gasteiger partial charge in [-0.25, -0.2) is 0 Å². The van der Waals surface area contributed by atoms with Gasteiger partial charge in [-0.3, -0.25) is 15.0 Å². The van der Waals surface area contributed by atoms with Crippen molar-refractivity contribution in [2.45, 2.75) is 25.4 Å². The fraction of sp³-hybridized carbons (Fsp3) is 0.538. The summed E-state index contributed by atoms with van der Waals surface area (Å²) in [4.78, 5) is 12.6. The van der Waals surface area contributed by atoms with Crippen molar-refractivity contribution in [1.82, 2.24) is 10.2 Å². The predicted octanol–water partition coefficient (Wildman–Crippen LogP) is 1.78. The van der Waals surface area contributed by atoms with Crippen molar-refractivity contribution >= 4 is 5.69 Å². The van der Waals surface area contributed by atoms with Gasteiger partial charge in [0.2, 0.25) is 0 Å². The van der Waals surface area contributed by atoms with Gasteiger partial charge in [0, 0.05) is 31.3 Å². The Hall–Kier alpha value is -1.46. The number of piperidine rings is 1. The first-order chi connectivity index (χ1) is 8.69. The molecule has 1 aliphatic rings. The normalized spacial score (nSPS) is 20.8. The van der Waals surface area contributed by atoms with E-state index in [2.05, 4.69) is 10.2 Å². The molecule has 0 aromatic heterocycles. The highest BCUT2D eigenvalue weighted by molar-refractivity contribution is 5.32. The summed E-state index contributed by atoms with van der Waals surface area (Å²) < 4.78 is 0. The Kier molecular flexibility index (Phi) is 4.28. The van der Waals surface area contributed by atoms with Crippen molar-refractivity contribution < 1.29 is 4.92 Å². The van der Waals surface area contributed by atoms with Crippen LogP contribution >= 0.6 is 0 Å². The Balaban J connectivity index is 1.94. The highest BCUT2D eigenvalue weighted by atomic mass is 16.6. The molecule has 0 aliphatic carbocycles. The largest absolute Gasteiger partial charge is 0.316 e. The Morgan fingerprint density at radius 2 is 2.17 bits per heavy atom. The second-order valence-corrected chi connectivity index (χ2v) is 4.79. The predicted molar refractivity (Wildman–Crippen MR) is 70.5 cm³/mol. The Labute approximate surface area is 107 Å². The zero-order chi connectivity index (χ0) is 13.0. The van der Waals surface area contributed by atoms with Crippen LogP contribution in [0.5, 0.6) is 0 Å². The lowest BCUT2D eigenvalue weighted by molar-refractivity contribution is -0.384. The van der Waals surface area contributed by atoms with Gasteiger partial charge < -0.3 is 5.32 Å². The van der Waals surface area contributed by atoms with Crippen LogP contribution in [0.15, 0.2) is 24.3 Å². The summed E-state index contributed by atoms with van der Waals surface area (Å²) in [5, 5.41) is 13.9. The van der Waals surface area contributed by atoms with Crippen LogP contribution < -0.4 is 5.32 Å². The number of nitro benzene ring substituents is 1. The number of nitrogens with one attached hydrogen (secondary N) is 1. The maximum absolute atomic E-state index is 10.6. The average molecular weight is 249 g/mol. The fourth-order valence-electron chi connectivity index (χ4n) is 2.42. The minimum atomic E-state index is -0.359. The molecular weight excluding hydrogens is 230 g/mol. The highest BCUT2D eigenvalue weighted by Crippen LogP contribution is 2.16. The van der Waals surface area contributed by atoms with Gasteiger partial charge in [0.15, 0.2) is 0 Å². The summed E-state index contributed by atoms with van der Waals surface area (Å²) in [6.07, 6.45) is 2.44. The average Bonchev–Trinajstić information content (AvgIpc) is 2.39. The number of hydrogen-bond acceptors (Lipinski definition) is 4. The molecule has 2 rings (SSSR count). The third-order valence-corrected chi connectivity index (χ3v) is 3.47. The molecule has 1 N–H and O–H groups in total. The molecule has 1 fully saturated rings. The third kappa shape index (κ3) is 3.27. The molecule has 1 aliphatic heterocycles. The quantitative estimate of drug-likeness (QED) is 0.652. The van der Waals surface area contributed by atoms with E-state index in [1.54, 1.807) is 12.1 Å². The maximum atomic E-state index is 10.6. The maximum Gasteiger partial charge on any atom is 0.269 e. The van der Waals surface area contributed by atoms with Crippen LogP contribution in [0.1, 0.15) is 18.4 Å². The van der Waals surface area contributed by atoms with Crippen molar-refractivity contribution in [3.8, 4) is 0 Å². The van der Waals surface area contributed by atoms with Gasteiger partial charge in [0.05, 0.1) is 4.92 Å². The van der Waals surface area contributed by atoms with E-state index in [9.17, 15) is 10.1 Å². The van der Waals surface area contributed by atoms with Gasteiger partial charge in [0.1, 0.15) is 0 Å². The van der Waals surface area contributed by atoms with Gasteiger partial charge in [-0.15, -0.1) is 0 Å². The summed E-state index contributed by atoms with van der Waals surface area (Å²) in [6.45, 7) is 3.03. The Morgan fingerprint density at radius 1 is 1.44 bits per heavy atom. The van der Waals surface area contributed by atoms with Crippen molar-refractivity contribution in [3.63, 3.8) is 0 Å². The highest BCUT2D eigenvalue weighted by Gasteiger charge is 2.18. The lowest BCUT2D eigenvalue weighted by atomic mass is 10.0. The molecule has 98 valence electrons. The summed E-state index contributed by atoms with van der Waals surface area (Å²) in [5.41, 5.74) is 1.29. The number of benzene rings is 1. The molecule has 0 radical (unpaired) electrons. The first kappa shape index (κ1) is 13.0. The van der Waals surface area contributed by atoms with Crippen LogP contribution in [0.2, 0.25) is 0 Å². The van der Waals surface area contributed by atoms with Crippen LogP contribution in [0.3, 0.4) is 0 Å². The topological polar surface area (TPSA) is 58.4 Å². The van der Waals surface area contributed by atoms with E-state index in [4.69, 9.17) is 0 Å². The third-order valence-electron chi connectivity index (χ3n) is 3.47. The first-order valence-electron chi connectivity index (χ1n) is 6.32. The second-order valence-electron chi connectivity index (χ2n) is 4.79. The van der Waals surface area contributed by atoms with Gasteiger partial charge in [-0.1, -0.05) is 12.1 Å². The number of nitrogens with zero attached hydrogens (tertiary/aromatic N) is 2. The molecule has 1 unspecified atom stereocenters. The van der Waals surface area contributed by atoms with Crippen molar-refractivity contribution in [3.05, 3.63) is 39.9 Å². The van der Waals surface area contributed by atoms with Crippen molar-refractivity contribution in [2.24, 2.45) is 0 Å². The smallest absolute Gasteiger partial charge is 0.269 e. The van der Waals surface area contributed by atoms with Gasteiger partial charge in [0.25, 0.3) is 5.69 Å². The van der Waals surface area contributed by atoms with Crippen LogP contribution in [0.4, 0.5) is 5.69 Å². The van der Waals surface area contributed by atoms with Gasteiger partial charge in [-0.2, -0.15) is 0 Å². The van der Waals surface area contributed by atoms with E-state index < -0.39 is 0 Å². The van der Waals surface area contributed by atoms with Gasteiger partial charge >= 0.3 is 0 Å². The lowest BCUT2D eigenvalue weighted by Gasteiger charge is -2.32. The summed E-state index contributed by atoms with van der Waals surface area (Å²) in [5.74, 6) is 0. The van der Waals surface area contributed by atoms with Crippen LogP contribution in [-0.2, 0) is 6.54 Å². The number of likely N-dealkylation sites (N-methyl/N-ethyl adjacent to an activating group) is 1. The summed E-state index contributed by atoms with van der Waals surface area (Å²) in [7, 11) is 2.00. The van der Waals surface area contributed by atoms with E-state index in [1.807, 2.05) is 19.2 Å². The molecule has 0 amide bonds. The molecule has 0 saturated carbocycles. The molecule has 1 saturated heterocycles. The minimum Gasteiger partial charge on any atom is -0.316 e. The molecule has 1 aromatic rings. The number of nitro groups is 1.